The van der Waals surface area contributed by atoms with Crippen molar-refractivity contribution in [3.05, 3.63) is 17.2 Å². The van der Waals surface area contributed by atoms with Crippen molar-refractivity contribution in [1.29, 1.82) is 0 Å². The van der Waals surface area contributed by atoms with E-state index in [2.05, 4.69) is 27.3 Å². The standard InChI is InChI=1S/C10H14N4OS2/c1-3-4-5-8-12-9(15-14-8)7(2)17-10-13-11-6-16-10/h6-7H,3-5H2,1-2H3. The molecule has 17 heavy (non-hydrogen) atoms. The number of thioether (sulfide) groups is 1. The van der Waals surface area contributed by atoms with Crippen molar-refractivity contribution in [3.63, 3.8) is 0 Å². The fraction of sp³-hybridized carbons (Fsp3) is 0.600. The van der Waals surface area contributed by atoms with E-state index in [1.54, 1.807) is 17.3 Å². The number of hydrogen-bond acceptors (Lipinski definition) is 7. The predicted octanol–water partition coefficient (Wildman–Crippen LogP) is 3.12. The molecule has 2 rings (SSSR count). The number of aryl methyl sites for hydroxylation is 1. The average molecular weight is 270 g/mol. The monoisotopic (exact) mass is 270 g/mol. The Morgan fingerprint density at radius 3 is 3.12 bits per heavy atom. The van der Waals surface area contributed by atoms with Gasteiger partial charge in [0.1, 0.15) is 5.51 Å². The maximum absolute atomic E-state index is 5.25. The van der Waals surface area contributed by atoms with Crippen LogP contribution in [0, 0.1) is 0 Å². The molecule has 2 aromatic rings. The van der Waals surface area contributed by atoms with Gasteiger partial charge in [0, 0.05) is 6.42 Å². The van der Waals surface area contributed by atoms with E-state index in [1.165, 1.54) is 11.3 Å². The summed E-state index contributed by atoms with van der Waals surface area (Å²) in [4.78, 5) is 4.39. The molecule has 0 saturated carbocycles. The summed E-state index contributed by atoms with van der Waals surface area (Å²) in [5.41, 5.74) is 1.72. The van der Waals surface area contributed by atoms with Crippen LogP contribution in [0.1, 0.15) is 43.7 Å². The van der Waals surface area contributed by atoms with E-state index < -0.39 is 0 Å². The molecule has 7 heteroatoms. The third kappa shape index (κ3) is 3.50. The topological polar surface area (TPSA) is 64.7 Å². The summed E-state index contributed by atoms with van der Waals surface area (Å²) in [6, 6.07) is 0. The first-order valence-electron chi connectivity index (χ1n) is 5.55. The van der Waals surface area contributed by atoms with E-state index in [9.17, 15) is 0 Å². The van der Waals surface area contributed by atoms with E-state index >= 15 is 0 Å². The van der Waals surface area contributed by atoms with Gasteiger partial charge in [-0.25, -0.2) is 0 Å². The summed E-state index contributed by atoms with van der Waals surface area (Å²) in [5.74, 6) is 1.46. The van der Waals surface area contributed by atoms with Crippen LogP contribution in [0.15, 0.2) is 14.4 Å². The zero-order chi connectivity index (χ0) is 12.1. The summed E-state index contributed by atoms with van der Waals surface area (Å²) in [6.45, 7) is 4.18. The van der Waals surface area contributed by atoms with E-state index in [-0.39, 0.29) is 5.25 Å². The summed E-state index contributed by atoms with van der Waals surface area (Å²) in [7, 11) is 0. The zero-order valence-electron chi connectivity index (χ0n) is 9.79. The Morgan fingerprint density at radius 1 is 1.53 bits per heavy atom. The Morgan fingerprint density at radius 2 is 2.41 bits per heavy atom. The second kappa shape index (κ2) is 6.11. The van der Waals surface area contributed by atoms with E-state index in [0.717, 1.165) is 29.4 Å². The molecule has 0 amide bonds. The van der Waals surface area contributed by atoms with E-state index in [4.69, 9.17) is 4.52 Å². The van der Waals surface area contributed by atoms with Crippen molar-refractivity contribution in [2.45, 2.75) is 42.7 Å². The normalized spacial score (nSPS) is 12.8. The fourth-order valence-corrected chi connectivity index (χ4v) is 2.94. The molecule has 0 aliphatic heterocycles. The van der Waals surface area contributed by atoms with Gasteiger partial charge in [-0.1, -0.05) is 41.6 Å². The lowest BCUT2D eigenvalue weighted by Crippen LogP contribution is -1.91. The quantitative estimate of drug-likeness (QED) is 0.751. The molecule has 2 heterocycles. The molecule has 0 aliphatic carbocycles. The SMILES string of the molecule is CCCCc1noc(C(C)Sc2nncs2)n1. The predicted molar refractivity (Wildman–Crippen MR) is 67.1 cm³/mol. The van der Waals surface area contributed by atoms with Crippen LogP contribution >= 0.6 is 23.1 Å². The van der Waals surface area contributed by atoms with Gasteiger partial charge in [0.2, 0.25) is 5.89 Å². The Labute approximate surface area is 108 Å². The van der Waals surface area contributed by atoms with E-state index in [1.807, 2.05) is 6.92 Å². The fourth-order valence-electron chi connectivity index (χ4n) is 1.28. The van der Waals surface area contributed by atoms with Crippen molar-refractivity contribution < 1.29 is 4.52 Å². The van der Waals surface area contributed by atoms with Gasteiger partial charge in [0.05, 0.1) is 5.25 Å². The number of unbranched alkanes of at least 4 members (excludes halogenated alkanes) is 1. The highest BCUT2D eigenvalue weighted by Gasteiger charge is 2.16. The van der Waals surface area contributed by atoms with Gasteiger partial charge in [-0.15, -0.1) is 10.2 Å². The molecule has 0 aromatic carbocycles. The van der Waals surface area contributed by atoms with Crippen LogP contribution in [0.4, 0.5) is 0 Å². The van der Waals surface area contributed by atoms with Crippen molar-refractivity contribution >= 4 is 23.1 Å². The summed E-state index contributed by atoms with van der Waals surface area (Å²) < 4.78 is 6.17. The lowest BCUT2D eigenvalue weighted by atomic mass is 10.2. The molecule has 5 nitrogen and oxygen atoms in total. The molecule has 92 valence electrons. The number of hydrogen-bond donors (Lipinski definition) is 0. The second-order valence-electron chi connectivity index (χ2n) is 3.62. The lowest BCUT2D eigenvalue weighted by molar-refractivity contribution is 0.374. The summed E-state index contributed by atoms with van der Waals surface area (Å²) >= 11 is 3.11. The minimum Gasteiger partial charge on any atom is -0.338 e. The maximum atomic E-state index is 5.25. The molecular formula is C10H14N4OS2. The maximum Gasteiger partial charge on any atom is 0.239 e. The highest BCUT2D eigenvalue weighted by atomic mass is 32.2. The molecule has 0 aliphatic rings. The molecular weight excluding hydrogens is 256 g/mol. The van der Waals surface area contributed by atoms with Crippen molar-refractivity contribution in [2.24, 2.45) is 0 Å². The third-order valence-electron chi connectivity index (χ3n) is 2.20. The Kier molecular flexibility index (Phi) is 4.49. The molecule has 0 saturated heterocycles. The van der Waals surface area contributed by atoms with Crippen molar-refractivity contribution in [1.82, 2.24) is 20.3 Å². The van der Waals surface area contributed by atoms with Crippen molar-refractivity contribution in [2.75, 3.05) is 0 Å². The van der Waals surface area contributed by atoms with Gasteiger partial charge < -0.3 is 4.52 Å². The molecule has 0 bridgehead atoms. The highest BCUT2D eigenvalue weighted by Crippen LogP contribution is 2.34. The summed E-state index contributed by atoms with van der Waals surface area (Å²) in [5, 5.41) is 11.9. The first kappa shape index (κ1) is 12.5. The molecule has 1 unspecified atom stereocenters. The van der Waals surface area contributed by atoms with Crippen LogP contribution in [0.2, 0.25) is 0 Å². The zero-order valence-corrected chi connectivity index (χ0v) is 11.4. The Bertz CT molecular complexity index is 443. The molecule has 0 spiro atoms. The van der Waals surface area contributed by atoms with Crippen LogP contribution < -0.4 is 0 Å². The second-order valence-corrected chi connectivity index (χ2v) is 6.04. The molecule has 0 fully saturated rings. The van der Waals surface area contributed by atoms with Crippen LogP contribution in [-0.4, -0.2) is 20.3 Å². The van der Waals surface area contributed by atoms with Gasteiger partial charge in [-0.3, -0.25) is 0 Å². The average Bonchev–Trinajstić information content (AvgIpc) is 2.96. The largest absolute Gasteiger partial charge is 0.338 e. The Hall–Kier alpha value is -0.950. The minimum absolute atomic E-state index is 0.117. The van der Waals surface area contributed by atoms with Gasteiger partial charge >= 0.3 is 0 Å². The molecule has 0 radical (unpaired) electrons. The van der Waals surface area contributed by atoms with E-state index in [0.29, 0.717) is 5.89 Å². The van der Waals surface area contributed by atoms with Gasteiger partial charge in [0.15, 0.2) is 10.2 Å². The summed E-state index contributed by atoms with van der Waals surface area (Å²) in [6.07, 6.45) is 3.12. The minimum atomic E-state index is 0.117. The Balaban J connectivity index is 1.94. The third-order valence-corrected chi connectivity index (χ3v) is 4.10. The lowest BCUT2D eigenvalue weighted by Gasteiger charge is -2.01. The van der Waals surface area contributed by atoms with Gasteiger partial charge in [0.25, 0.3) is 0 Å². The van der Waals surface area contributed by atoms with Crippen LogP contribution in [0.5, 0.6) is 0 Å². The van der Waals surface area contributed by atoms with Crippen LogP contribution in [0.3, 0.4) is 0 Å². The van der Waals surface area contributed by atoms with Gasteiger partial charge in [-0.05, 0) is 13.3 Å². The first-order valence-corrected chi connectivity index (χ1v) is 7.30. The molecule has 1 atom stereocenters. The molecule has 0 N–H and O–H groups in total. The number of rotatable bonds is 6. The first-order chi connectivity index (χ1) is 8.29. The van der Waals surface area contributed by atoms with Gasteiger partial charge in [-0.2, -0.15) is 4.98 Å². The van der Waals surface area contributed by atoms with Crippen LogP contribution in [0.25, 0.3) is 0 Å². The highest BCUT2D eigenvalue weighted by molar-refractivity contribution is 8.01. The smallest absolute Gasteiger partial charge is 0.239 e. The molecule has 2 aromatic heterocycles. The number of aromatic nitrogens is 4. The van der Waals surface area contributed by atoms with Crippen molar-refractivity contribution in [3.8, 4) is 0 Å². The van der Waals surface area contributed by atoms with Crippen LogP contribution in [-0.2, 0) is 6.42 Å². The number of nitrogens with zero attached hydrogens (tertiary/aromatic N) is 4.